The van der Waals surface area contributed by atoms with E-state index < -0.39 is 0 Å². The molecule has 0 aromatic carbocycles. The molecule has 0 aliphatic heterocycles. The second-order valence-corrected chi connectivity index (χ2v) is 13.4. The molecule has 0 N–H and O–H groups in total. The molecule has 2 nitrogen and oxygen atoms in total. The van der Waals surface area contributed by atoms with Crippen molar-refractivity contribution in [1.82, 2.24) is 4.57 Å². The van der Waals surface area contributed by atoms with Gasteiger partial charge in [-0.1, -0.05) is 181 Å². The molecule has 0 saturated carbocycles. The lowest BCUT2D eigenvalue weighted by molar-refractivity contribution is -0.704. The van der Waals surface area contributed by atoms with Gasteiger partial charge in [0, 0.05) is 6.42 Å². The highest BCUT2D eigenvalue weighted by Gasteiger charge is 2.16. The molecule has 0 bridgehead atoms. The molecule has 0 amide bonds. The highest BCUT2D eigenvalue weighted by Crippen LogP contribution is 2.15. The predicted molar refractivity (Wildman–Crippen MR) is 184 cm³/mol. The van der Waals surface area contributed by atoms with Gasteiger partial charge in [0.1, 0.15) is 12.4 Å². The monoisotopic (exact) mass is 574 g/mol. The van der Waals surface area contributed by atoms with Gasteiger partial charge in [0.2, 0.25) is 0 Å². The Morgan fingerprint density at radius 3 is 1.17 bits per heavy atom. The number of rotatable bonds is 33. The van der Waals surface area contributed by atoms with Crippen LogP contribution in [0.1, 0.15) is 219 Å². The van der Waals surface area contributed by atoms with Crippen LogP contribution in [0, 0.1) is 0 Å². The van der Waals surface area contributed by atoms with Crippen molar-refractivity contribution in [2.24, 2.45) is 0 Å². The molecule has 2 heteroatoms. The highest BCUT2D eigenvalue weighted by atomic mass is 15.1. The minimum atomic E-state index is 1.22. The van der Waals surface area contributed by atoms with Crippen molar-refractivity contribution < 1.29 is 4.57 Å². The Labute approximate surface area is 259 Å². The Hall–Kier alpha value is -0.790. The maximum atomic E-state index is 2.62. The van der Waals surface area contributed by atoms with Crippen LogP contribution in [0.2, 0.25) is 0 Å². The summed E-state index contributed by atoms with van der Waals surface area (Å²) in [5.41, 5.74) is 0. The van der Waals surface area contributed by atoms with Gasteiger partial charge in [-0.3, -0.25) is 0 Å². The summed E-state index contributed by atoms with van der Waals surface area (Å²) < 4.78 is 5.23. The van der Waals surface area contributed by atoms with Crippen molar-refractivity contribution in [3.8, 4) is 0 Å². The summed E-state index contributed by atoms with van der Waals surface area (Å²) in [5.74, 6) is 1.61. The maximum Gasteiger partial charge on any atom is 0.256 e. The third-order valence-electron chi connectivity index (χ3n) is 9.35. The van der Waals surface area contributed by atoms with E-state index in [1.807, 2.05) is 0 Å². The second-order valence-electron chi connectivity index (χ2n) is 13.4. The standard InChI is InChI=1S/C39H77N2/c1-4-7-10-13-15-17-19-21-23-25-27-29-31-34-39-40(35-32-12-9-6-3)37-38-41(39)36-33-30-28-26-24-22-20-18-16-14-11-8-5-2/h37-38H,4-36H2,1-3H3/q+1. The van der Waals surface area contributed by atoms with Gasteiger partial charge in [0.05, 0.1) is 13.1 Å². The van der Waals surface area contributed by atoms with Crippen LogP contribution in [0.15, 0.2) is 12.4 Å². The number of aromatic nitrogens is 2. The van der Waals surface area contributed by atoms with E-state index in [9.17, 15) is 0 Å². The molecule has 1 aromatic rings. The van der Waals surface area contributed by atoms with Crippen molar-refractivity contribution in [1.29, 1.82) is 0 Å². The molecular formula is C39H77N2+. The topological polar surface area (TPSA) is 8.81 Å². The minimum absolute atomic E-state index is 1.22. The molecule has 1 aromatic heterocycles. The largest absolute Gasteiger partial charge is 0.256 e. The van der Waals surface area contributed by atoms with Crippen LogP contribution in [-0.4, -0.2) is 4.57 Å². The SMILES string of the molecule is CCCCCCCCCCCCCCCc1n(CCCCCCCCCCCCCCC)cc[n+]1CCCCCC. The second kappa shape index (κ2) is 30.7. The lowest BCUT2D eigenvalue weighted by Gasteiger charge is -2.07. The van der Waals surface area contributed by atoms with Crippen molar-refractivity contribution in [2.75, 3.05) is 0 Å². The van der Waals surface area contributed by atoms with Gasteiger partial charge in [-0.05, 0) is 32.1 Å². The zero-order valence-corrected chi connectivity index (χ0v) is 28.9. The van der Waals surface area contributed by atoms with Crippen LogP contribution in [-0.2, 0) is 19.5 Å². The Balaban J connectivity index is 2.19. The molecule has 1 heterocycles. The van der Waals surface area contributed by atoms with Crippen LogP contribution in [0.4, 0.5) is 0 Å². The van der Waals surface area contributed by atoms with Crippen molar-refractivity contribution >= 4 is 0 Å². The van der Waals surface area contributed by atoms with Gasteiger partial charge >= 0.3 is 0 Å². The molecule has 0 radical (unpaired) electrons. The number of imidazole rings is 1. The zero-order valence-electron chi connectivity index (χ0n) is 28.9. The smallest absolute Gasteiger partial charge is 0.234 e. The molecule has 0 aliphatic rings. The molecule has 0 atom stereocenters. The summed E-state index contributed by atoms with van der Waals surface area (Å²) in [4.78, 5) is 0. The quantitative estimate of drug-likeness (QED) is 0.0584. The van der Waals surface area contributed by atoms with Crippen LogP contribution in [0.25, 0.3) is 0 Å². The summed E-state index contributed by atoms with van der Waals surface area (Å²) in [6.45, 7) is 9.39. The zero-order chi connectivity index (χ0) is 29.5. The predicted octanol–water partition coefficient (Wildman–Crippen LogP) is 13.1. The fourth-order valence-corrected chi connectivity index (χ4v) is 6.50. The van der Waals surface area contributed by atoms with E-state index in [0.717, 1.165) is 0 Å². The summed E-state index contributed by atoms with van der Waals surface area (Å²) in [6, 6.07) is 0. The minimum Gasteiger partial charge on any atom is -0.234 e. The van der Waals surface area contributed by atoms with Crippen molar-refractivity contribution in [2.45, 2.75) is 233 Å². The Morgan fingerprint density at radius 2 is 0.756 bits per heavy atom. The lowest BCUT2D eigenvalue weighted by Crippen LogP contribution is -2.37. The Morgan fingerprint density at radius 1 is 0.415 bits per heavy atom. The van der Waals surface area contributed by atoms with E-state index in [0.29, 0.717) is 0 Å². The molecule has 242 valence electrons. The van der Waals surface area contributed by atoms with Crippen molar-refractivity contribution in [3.63, 3.8) is 0 Å². The van der Waals surface area contributed by atoms with Gasteiger partial charge in [0.25, 0.3) is 5.82 Å². The first-order valence-corrected chi connectivity index (χ1v) is 19.4. The molecule has 1 rings (SSSR count). The normalized spacial score (nSPS) is 11.6. The molecule has 0 fully saturated rings. The van der Waals surface area contributed by atoms with Gasteiger partial charge in [-0.25, -0.2) is 9.13 Å². The highest BCUT2D eigenvalue weighted by molar-refractivity contribution is 4.84. The van der Waals surface area contributed by atoms with Gasteiger partial charge in [0.15, 0.2) is 0 Å². The Kier molecular flexibility index (Phi) is 28.6. The summed E-state index contributed by atoms with van der Waals surface area (Å²) in [5, 5.41) is 0. The first kappa shape index (κ1) is 38.2. The number of hydrogen-bond acceptors (Lipinski definition) is 0. The number of nitrogens with zero attached hydrogens (tertiary/aromatic N) is 2. The lowest BCUT2D eigenvalue weighted by atomic mass is 10.0. The maximum absolute atomic E-state index is 2.62. The van der Waals surface area contributed by atoms with E-state index in [1.165, 1.54) is 212 Å². The molecule has 0 aliphatic carbocycles. The van der Waals surface area contributed by atoms with Gasteiger partial charge < -0.3 is 0 Å². The molecule has 0 spiro atoms. The van der Waals surface area contributed by atoms with E-state index in [4.69, 9.17) is 0 Å². The van der Waals surface area contributed by atoms with Crippen LogP contribution in [0.5, 0.6) is 0 Å². The van der Waals surface area contributed by atoms with E-state index in [2.05, 4.69) is 42.3 Å². The van der Waals surface area contributed by atoms with Gasteiger partial charge in [-0.2, -0.15) is 0 Å². The first-order valence-electron chi connectivity index (χ1n) is 19.4. The molecule has 0 unspecified atom stereocenters. The van der Waals surface area contributed by atoms with Crippen LogP contribution in [0.3, 0.4) is 0 Å². The average molecular weight is 574 g/mol. The molecular weight excluding hydrogens is 496 g/mol. The fourth-order valence-electron chi connectivity index (χ4n) is 6.50. The van der Waals surface area contributed by atoms with Crippen LogP contribution < -0.4 is 4.57 Å². The van der Waals surface area contributed by atoms with E-state index >= 15 is 0 Å². The molecule has 0 saturated heterocycles. The van der Waals surface area contributed by atoms with Crippen LogP contribution >= 0.6 is 0 Å². The number of hydrogen-bond donors (Lipinski definition) is 0. The summed E-state index contributed by atoms with van der Waals surface area (Å²) in [7, 11) is 0. The van der Waals surface area contributed by atoms with Gasteiger partial charge in [-0.15, -0.1) is 0 Å². The summed E-state index contributed by atoms with van der Waals surface area (Å²) >= 11 is 0. The Bertz CT molecular complexity index is 634. The first-order chi connectivity index (χ1) is 20.3. The average Bonchev–Trinajstić information content (AvgIpc) is 3.37. The summed E-state index contributed by atoms with van der Waals surface area (Å²) in [6.07, 6.45) is 48.9. The third-order valence-corrected chi connectivity index (χ3v) is 9.35. The number of unbranched alkanes of at least 4 members (excludes halogenated alkanes) is 27. The van der Waals surface area contributed by atoms with E-state index in [1.54, 1.807) is 5.82 Å². The van der Waals surface area contributed by atoms with E-state index in [-0.39, 0.29) is 0 Å². The number of aryl methyl sites for hydroxylation is 2. The molecule has 41 heavy (non-hydrogen) atoms. The van der Waals surface area contributed by atoms with Crippen molar-refractivity contribution in [3.05, 3.63) is 18.2 Å². The fraction of sp³-hybridized carbons (Fsp3) is 0.923. The third kappa shape index (κ3) is 23.4.